The first-order valence-corrected chi connectivity index (χ1v) is 14.6. The van der Waals surface area contributed by atoms with Gasteiger partial charge in [-0.05, 0) is 44.0 Å². The zero-order valence-corrected chi connectivity index (χ0v) is 25.2. The van der Waals surface area contributed by atoms with Crippen molar-refractivity contribution in [1.82, 2.24) is 20.1 Å². The lowest BCUT2D eigenvalue weighted by atomic mass is 9.87. The van der Waals surface area contributed by atoms with E-state index in [-0.39, 0.29) is 35.3 Å². The van der Waals surface area contributed by atoms with Gasteiger partial charge in [0.15, 0.2) is 0 Å². The van der Waals surface area contributed by atoms with E-state index < -0.39 is 23.3 Å². The van der Waals surface area contributed by atoms with Gasteiger partial charge in [0.2, 0.25) is 11.8 Å². The highest BCUT2D eigenvalue weighted by Gasteiger charge is 2.47. The van der Waals surface area contributed by atoms with Gasteiger partial charge in [-0.2, -0.15) is 18.4 Å². The molecule has 10 nitrogen and oxygen atoms in total. The summed E-state index contributed by atoms with van der Waals surface area (Å²) in [5.74, 6) is -0.648. The highest BCUT2D eigenvalue weighted by atomic mass is 19.4. The minimum Gasteiger partial charge on any atom is -0.368 e. The van der Waals surface area contributed by atoms with Gasteiger partial charge in [0.25, 0.3) is 0 Å². The highest BCUT2D eigenvalue weighted by molar-refractivity contribution is 6.02. The number of nitrogens with zero attached hydrogens (tertiary/aromatic N) is 6. The number of amides is 2. The van der Waals surface area contributed by atoms with E-state index in [1.165, 1.54) is 17.9 Å². The Labute approximate surface area is 255 Å². The lowest BCUT2D eigenvalue weighted by Gasteiger charge is -2.55. The van der Waals surface area contributed by atoms with Crippen LogP contribution < -0.4 is 20.4 Å². The van der Waals surface area contributed by atoms with Crippen molar-refractivity contribution in [3.8, 4) is 6.07 Å². The lowest BCUT2D eigenvalue weighted by molar-refractivity contribution is -0.138. The SMILES string of the molecule is C=CC(=O)N1CC2(CN(CCN3CCC(Nc4nc(C)cc(C(F)(F)F)c4C#N)C(=O)N(C)c4cccc(C)c43)CCN2)C1. The molecule has 1 aromatic carbocycles. The lowest BCUT2D eigenvalue weighted by Crippen LogP contribution is -2.76. The number of rotatable bonds is 6. The molecule has 3 aliphatic heterocycles. The summed E-state index contributed by atoms with van der Waals surface area (Å²) in [6, 6.07) is 7.30. The number of alkyl halides is 3. The second-order valence-corrected chi connectivity index (χ2v) is 11.8. The first kappa shape index (κ1) is 31.3. The van der Waals surface area contributed by atoms with E-state index in [4.69, 9.17) is 0 Å². The molecule has 0 radical (unpaired) electrons. The highest BCUT2D eigenvalue weighted by Crippen LogP contribution is 2.37. The summed E-state index contributed by atoms with van der Waals surface area (Å²) in [6.45, 7) is 12.6. The molecule has 0 bridgehead atoms. The number of benzene rings is 1. The number of halogens is 3. The Morgan fingerprint density at radius 1 is 1.25 bits per heavy atom. The minimum atomic E-state index is -4.74. The van der Waals surface area contributed by atoms with Crippen LogP contribution >= 0.6 is 0 Å². The predicted molar refractivity (Wildman–Crippen MR) is 161 cm³/mol. The maximum Gasteiger partial charge on any atom is 0.417 e. The number of likely N-dealkylation sites (tertiary alicyclic amines) is 1. The molecule has 3 aliphatic rings. The molecule has 2 aromatic rings. The number of carbonyl (C=O) groups is 2. The topological polar surface area (TPSA) is 108 Å². The van der Waals surface area contributed by atoms with Crippen LogP contribution in [0.1, 0.15) is 28.8 Å². The fraction of sp³-hybridized carbons (Fsp3) is 0.484. The summed E-state index contributed by atoms with van der Waals surface area (Å²) in [6.07, 6.45) is -3.13. The van der Waals surface area contributed by atoms with Crippen molar-refractivity contribution in [2.75, 3.05) is 74.5 Å². The first-order chi connectivity index (χ1) is 20.9. The molecule has 0 aliphatic carbocycles. The number of para-hydroxylation sites is 1. The van der Waals surface area contributed by atoms with E-state index in [0.29, 0.717) is 31.9 Å². The average Bonchev–Trinajstić information content (AvgIpc) is 2.97. The summed E-state index contributed by atoms with van der Waals surface area (Å²) >= 11 is 0. The molecule has 2 N–H and O–H groups in total. The van der Waals surface area contributed by atoms with E-state index in [1.807, 2.05) is 25.1 Å². The van der Waals surface area contributed by atoms with Gasteiger partial charge >= 0.3 is 6.18 Å². The molecule has 13 heteroatoms. The molecule has 1 atom stereocenters. The van der Waals surface area contributed by atoms with E-state index in [2.05, 4.69) is 32.0 Å². The molecule has 234 valence electrons. The third-order valence-corrected chi connectivity index (χ3v) is 8.70. The maximum absolute atomic E-state index is 13.8. The summed E-state index contributed by atoms with van der Waals surface area (Å²) in [4.78, 5) is 37.8. The Morgan fingerprint density at radius 3 is 2.68 bits per heavy atom. The molecule has 1 unspecified atom stereocenters. The summed E-state index contributed by atoms with van der Waals surface area (Å²) in [7, 11) is 1.65. The van der Waals surface area contributed by atoms with E-state index >= 15 is 0 Å². The summed E-state index contributed by atoms with van der Waals surface area (Å²) in [5.41, 5.74) is 0.868. The Balaban J connectivity index is 1.37. The number of aryl methyl sites for hydroxylation is 2. The van der Waals surface area contributed by atoms with Gasteiger partial charge in [-0.15, -0.1) is 0 Å². The molecule has 1 spiro atoms. The van der Waals surface area contributed by atoms with Gasteiger partial charge in [-0.3, -0.25) is 14.5 Å². The van der Waals surface area contributed by atoms with Gasteiger partial charge in [-0.25, -0.2) is 4.98 Å². The van der Waals surface area contributed by atoms with Gasteiger partial charge in [0, 0.05) is 65.1 Å². The predicted octanol–water partition coefficient (Wildman–Crippen LogP) is 2.91. The Hall–Kier alpha value is -4.15. The van der Waals surface area contributed by atoms with E-state index in [1.54, 1.807) is 18.0 Å². The fourth-order valence-corrected chi connectivity index (χ4v) is 6.51. The van der Waals surface area contributed by atoms with Gasteiger partial charge in [0.1, 0.15) is 23.5 Å². The van der Waals surface area contributed by atoms with Crippen LogP contribution in [0.25, 0.3) is 0 Å². The van der Waals surface area contributed by atoms with E-state index in [9.17, 15) is 28.0 Å². The number of piperazine rings is 1. The van der Waals surface area contributed by atoms with Crippen LogP contribution in [0, 0.1) is 25.2 Å². The number of anilines is 3. The smallest absolute Gasteiger partial charge is 0.368 e. The van der Waals surface area contributed by atoms with Crippen LogP contribution in [0.3, 0.4) is 0 Å². The molecular weight excluding hydrogens is 573 g/mol. The van der Waals surface area contributed by atoms with Crippen LogP contribution in [0.4, 0.5) is 30.4 Å². The first-order valence-electron chi connectivity index (χ1n) is 14.6. The van der Waals surface area contributed by atoms with Gasteiger partial charge in [-0.1, -0.05) is 18.7 Å². The largest absolute Gasteiger partial charge is 0.417 e. The number of pyridine rings is 1. The zero-order valence-electron chi connectivity index (χ0n) is 25.2. The molecule has 2 fully saturated rings. The zero-order chi connectivity index (χ0) is 31.8. The summed E-state index contributed by atoms with van der Waals surface area (Å²) in [5, 5.41) is 16.1. The molecule has 44 heavy (non-hydrogen) atoms. The van der Waals surface area contributed by atoms with Crippen LogP contribution in [-0.4, -0.2) is 97.6 Å². The van der Waals surface area contributed by atoms with Crippen molar-refractivity contribution in [2.45, 2.75) is 38.0 Å². The van der Waals surface area contributed by atoms with Crippen molar-refractivity contribution >= 4 is 29.0 Å². The second-order valence-electron chi connectivity index (χ2n) is 11.8. The molecular formula is C31H37F3N8O2. The van der Waals surface area contributed by atoms with Gasteiger partial charge < -0.3 is 25.3 Å². The molecule has 2 amide bonds. The standard InChI is InChI=1S/C31H37F3N8O2/c1-5-26(43)42-18-30(19-42)17-40(12-10-36-30)13-14-41-11-9-24(29(44)39(4)25-8-6-7-20(2)27(25)41)38-28-22(16-35)23(31(32,33)34)15-21(3)37-28/h5-8,15,24,36H,1,9-14,17-19H2,2-4H3,(H,37,38). The van der Waals surface area contributed by atoms with Crippen molar-refractivity contribution in [3.05, 3.63) is 59.3 Å². The molecule has 5 rings (SSSR count). The number of nitriles is 1. The number of aromatic nitrogens is 1. The third-order valence-electron chi connectivity index (χ3n) is 8.70. The van der Waals surface area contributed by atoms with Crippen LogP contribution in [0.15, 0.2) is 36.9 Å². The molecule has 2 saturated heterocycles. The van der Waals surface area contributed by atoms with Crippen LogP contribution in [0.2, 0.25) is 0 Å². The molecule has 4 heterocycles. The van der Waals surface area contributed by atoms with Gasteiger partial charge in [0.05, 0.1) is 22.5 Å². The molecule has 1 aromatic heterocycles. The quantitative estimate of drug-likeness (QED) is 0.481. The normalized spacial score (nSPS) is 20.3. The van der Waals surface area contributed by atoms with Crippen molar-refractivity contribution in [3.63, 3.8) is 0 Å². The van der Waals surface area contributed by atoms with E-state index in [0.717, 1.165) is 43.5 Å². The second kappa shape index (κ2) is 12.1. The maximum atomic E-state index is 13.8. The monoisotopic (exact) mass is 610 g/mol. The Morgan fingerprint density at radius 2 is 2.00 bits per heavy atom. The molecule has 0 saturated carbocycles. The number of hydrogen-bond acceptors (Lipinski definition) is 8. The number of nitrogens with one attached hydrogen (secondary N) is 2. The minimum absolute atomic E-state index is 0.0681. The third kappa shape index (κ3) is 6.09. The number of hydrogen-bond donors (Lipinski definition) is 2. The summed E-state index contributed by atoms with van der Waals surface area (Å²) < 4.78 is 41.3. The van der Waals surface area contributed by atoms with Crippen molar-refractivity contribution in [2.24, 2.45) is 0 Å². The number of likely N-dealkylation sites (N-methyl/N-ethyl adjacent to an activating group) is 1. The number of carbonyl (C=O) groups excluding carboxylic acids is 2. The van der Waals surface area contributed by atoms with Crippen molar-refractivity contribution < 1.29 is 22.8 Å². The Bertz CT molecular complexity index is 1500. The van der Waals surface area contributed by atoms with Crippen LogP contribution in [0.5, 0.6) is 0 Å². The number of fused-ring (bicyclic) bond motifs is 1. The Kier molecular flexibility index (Phi) is 8.59. The fourth-order valence-electron chi connectivity index (χ4n) is 6.51. The average molecular weight is 611 g/mol. The van der Waals surface area contributed by atoms with Crippen LogP contribution in [-0.2, 0) is 15.8 Å². The van der Waals surface area contributed by atoms with Crippen molar-refractivity contribution in [1.29, 1.82) is 5.26 Å².